The molecule has 0 spiro atoms. The Hall–Kier alpha value is -2.09. The molecule has 2 aromatic rings. The Kier molecular flexibility index (Phi) is 4.23. The van der Waals surface area contributed by atoms with Crippen LogP contribution in [-0.2, 0) is 19.6 Å². The van der Waals surface area contributed by atoms with Crippen molar-refractivity contribution in [3.05, 3.63) is 24.4 Å². The summed E-state index contributed by atoms with van der Waals surface area (Å²) in [5, 5.41) is 7.43. The monoisotopic (exact) mass is 297 g/mol. The molecule has 1 aromatic carbocycles. The van der Waals surface area contributed by atoms with E-state index in [0.29, 0.717) is 11.2 Å². The summed E-state index contributed by atoms with van der Waals surface area (Å²) in [5.41, 5.74) is 1.07. The molecule has 20 heavy (non-hydrogen) atoms. The Morgan fingerprint density at radius 2 is 2.25 bits per heavy atom. The van der Waals surface area contributed by atoms with Crippen LogP contribution in [0.3, 0.4) is 0 Å². The van der Waals surface area contributed by atoms with E-state index in [2.05, 4.69) is 19.7 Å². The van der Waals surface area contributed by atoms with Crippen molar-refractivity contribution < 1.29 is 17.9 Å². The first-order valence-electron chi connectivity index (χ1n) is 6.01. The van der Waals surface area contributed by atoms with Crippen LogP contribution in [0.15, 0.2) is 24.4 Å². The number of esters is 1. The number of hydrogen-bond donors (Lipinski definition) is 2. The SMILES string of the molecule is COC(=O)CCCS(=O)(=O)Nc1cccc2cn[nH]c12. The summed E-state index contributed by atoms with van der Waals surface area (Å²) >= 11 is 0. The van der Waals surface area contributed by atoms with Crippen LogP contribution in [0.1, 0.15) is 12.8 Å². The Morgan fingerprint density at radius 3 is 3.00 bits per heavy atom. The van der Waals surface area contributed by atoms with Gasteiger partial charge in [-0.05, 0) is 12.5 Å². The third-order valence-corrected chi connectivity index (χ3v) is 4.12. The highest BCUT2D eigenvalue weighted by Crippen LogP contribution is 2.21. The summed E-state index contributed by atoms with van der Waals surface area (Å²) in [7, 11) is -2.24. The van der Waals surface area contributed by atoms with Gasteiger partial charge in [-0.15, -0.1) is 0 Å². The second-order valence-electron chi connectivity index (χ2n) is 4.24. The number of rotatable bonds is 6. The zero-order valence-corrected chi connectivity index (χ0v) is 11.7. The molecule has 1 heterocycles. The van der Waals surface area contributed by atoms with E-state index in [1.54, 1.807) is 18.3 Å². The van der Waals surface area contributed by atoms with Gasteiger partial charge in [0.2, 0.25) is 10.0 Å². The number of nitrogens with one attached hydrogen (secondary N) is 2. The van der Waals surface area contributed by atoms with Crippen LogP contribution >= 0.6 is 0 Å². The quantitative estimate of drug-likeness (QED) is 0.782. The maximum Gasteiger partial charge on any atom is 0.305 e. The molecule has 1 aromatic heterocycles. The van der Waals surface area contributed by atoms with Gasteiger partial charge in [-0.2, -0.15) is 5.10 Å². The van der Waals surface area contributed by atoms with Crippen LogP contribution in [0.2, 0.25) is 0 Å². The third-order valence-electron chi connectivity index (χ3n) is 2.76. The van der Waals surface area contributed by atoms with Gasteiger partial charge in [0.1, 0.15) is 0 Å². The van der Waals surface area contributed by atoms with Crippen molar-refractivity contribution >= 4 is 32.6 Å². The average molecular weight is 297 g/mol. The van der Waals surface area contributed by atoms with Crippen LogP contribution < -0.4 is 4.72 Å². The normalized spacial score (nSPS) is 11.4. The zero-order valence-electron chi connectivity index (χ0n) is 10.9. The van der Waals surface area contributed by atoms with Gasteiger partial charge in [-0.25, -0.2) is 8.42 Å². The lowest BCUT2D eigenvalue weighted by Crippen LogP contribution is -2.18. The van der Waals surface area contributed by atoms with E-state index in [1.165, 1.54) is 7.11 Å². The molecule has 108 valence electrons. The molecular weight excluding hydrogens is 282 g/mol. The number of aromatic nitrogens is 2. The Balaban J connectivity index is 2.04. The predicted octanol–water partition coefficient (Wildman–Crippen LogP) is 1.26. The highest BCUT2D eigenvalue weighted by atomic mass is 32.2. The number of nitrogens with zero attached hydrogens (tertiary/aromatic N) is 1. The lowest BCUT2D eigenvalue weighted by Gasteiger charge is -2.08. The molecule has 0 aliphatic rings. The van der Waals surface area contributed by atoms with E-state index in [9.17, 15) is 13.2 Å². The molecule has 0 saturated carbocycles. The summed E-state index contributed by atoms with van der Waals surface area (Å²) in [6.45, 7) is 0. The average Bonchev–Trinajstić information content (AvgIpc) is 2.87. The van der Waals surface area contributed by atoms with Gasteiger partial charge in [-0.3, -0.25) is 14.6 Å². The van der Waals surface area contributed by atoms with E-state index < -0.39 is 16.0 Å². The van der Waals surface area contributed by atoms with Gasteiger partial charge in [0.25, 0.3) is 0 Å². The van der Waals surface area contributed by atoms with Crippen molar-refractivity contribution in [3.63, 3.8) is 0 Å². The largest absolute Gasteiger partial charge is 0.469 e. The molecule has 7 nitrogen and oxygen atoms in total. The van der Waals surface area contributed by atoms with Crippen molar-refractivity contribution in [2.24, 2.45) is 0 Å². The highest BCUT2D eigenvalue weighted by molar-refractivity contribution is 7.92. The minimum atomic E-state index is -3.51. The standard InChI is InChI=1S/C12H15N3O4S/c1-19-11(16)6-3-7-20(17,18)15-10-5-2-4-9-8-13-14-12(9)10/h2,4-5,8,15H,3,6-7H2,1H3,(H,13,14). The molecular formula is C12H15N3O4S. The number of aromatic amines is 1. The molecule has 0 aliphatic carbocycles. The molecule has 0 saturated heterocycles. The maximum atomic E-state index is 11.9. The highest BCUT2D eigenvalue weighted by Gasteiger charge is 2.14. The van der Waals surface area contributed by atoms with Crippen molar-refractivity contribution in [2.75, 3.05) is 17.6 Å². The molecule has 0 atom stereocenters. The first kappa shape index (κ1) is 14.3. The van der Waals surface area contributed by atoms with Gasteiger partial charge in [0.15, 0.2) is 0 Å². The minimum absolute atomic E-state index is 0.0751. The van der Waals surface area contributed by atoms with Crippen LogP contribution in [0, 0.1) is 0 Å². The van der Waals surface area contributed by atoms with Crippen molar-refractivity contribution in [1.29, 1.82) is 0 Å². The number of H-pyrrole nitrogens is 1. The number of carbonyl (C=O) groups excluding carboxylic acids is 1. The Labute approximate surface area is 116 Å². The Bertz CT molecular complexity index is 708. The summed E-state index contributed by atoms with van der Waals surface area (Å²) in [5.74, 6) is -0.567. The fourth-order valence-electron chi connectivity index (χ4n) is 1.78. The van der Waals surface area contributed by atoms with E-state index in [-0.39, 0.29) is 18.6 Å². The smallest absolute Gasteiger partial charge is 0.305 e. The van der Waals surface area contributed by atoms with E-state index >= 15 is 0 Å². The van der Waals surface area contributed by atoms with Gasteiger partial charge in [0, 0.05) is 11.8 Å². The number of fused-ring (bicyclic) bond motifs is 1. The number of carbonyl (C=O) groups is 1. The van der Waals surface area contributed by atoms with E-state index in [1.807, 2.05) is 6.07 Å². The number of hydrogen-bond acceptors (Lipinski definition) is 5. The molecule has 0 bridgehead atoms. The number of sulfonamides is 1. The molecule has 0 fully saturated rings. The lowest BCUT2D eigenvalue weighted by molar-refractivity contribution is -0.140. The van der Waals surface area contributed by atoms with E-state index in [0.717, 1.165) is 5.39 Å². The van der Waals surface area contributed by atoms with Crippen molar-refractivity contribution in [1.82, 2.24) is 10.2 Å². The van der Waals surface area contributed by atoms with E-state index in [4.69, 9.17) is 0 Å². The third kappa shape index (κ3) is 3.47. The van der Waals surface area contributed by atoms with Crippen LogP contribution in [0.4, 0.5) is 5.69 Å². The fraction of sp³-hybridized carbons (Fsp3) is 0.333. The zero-order chi connectivity index (χ0) is 14.6. The first-order valence-corrected chi connectivity index (χ1v) is 7.66. The molecule has 0 aliphatic heterocycles. The second-order valence-corrected chi connectivity index (χ2v) is 6.08. The second kappa shape index (κ2) is 5.91. The molecule has 0 unspecified atom stereocenters. The number of anilines is 1. The Morgan fingerprint density at radius 1 is 1.45 bits per heavy atom. The van der Waals surface area contributed by atoms with Crippen molar-refractivity contribution in [3.8, 4) is 0 Å². The number of para-hydroxylation sites is 1. The predicted molar refractivity (Wildman–Crippen MR) is 74.8 cm³/mol. The molecule has 8 heteroatoms. The van der Waals surface area contributed by atoms with Crippen LogP contribution in [-0.4, -0.2) is 37.4 Å². The molecule has 2 N–H and O–H groups in total. The fourth-order valence-corrected chi connectivity index (χ4v) is 2.91. The first-order chi connectivity index (χ1) is 9.52. The summed E-state index contributed by atoms with van der Waals surface area (Å²) in [6.07, 6.45) is 1.90. The van der Waals surface area contributed by atoms with Crippen LogP contribution in [0.5, 0.6) is 0 Å². The number of ether oxygens (including phenoxy) is 1. The minimum Gasteiger partial charge on any atom is -0.469 e. The van der Waals surface area contributed by atoms with Gasteiger partial charge in [-0.1, -0.05) is 12.1 Å². The van der Waals surface area contributed by atoms with Crippen molar-refractivity contribution in [2.45, 2.75) is 12.8 Å². The number of methoxy groups -OCH3 is 1. The van der Waals surface area contributed by atoms with Crippen LogP contribution in [0.25, 0.3) is 10.9 Å². The molecule has 0 radical (unpaired) electrons. The summed E-state index contributed by atoms with van der Waals surface area (Å²) in [4.78, 5) is 10.9. The van der Waals surface area contributed by atoms with Gasteiger partial charge >= 0.3 is 5.97 Å². The van der Waals surface area contributed by atoms with Gasteiger partial charge in [0.05, 0.1) is 30.3 Å². The molecule has 2 rings (SSSR count). The number of benzene rings is 1. The summed E-state index contributed by atoms with van der Waals surface area (Å²) in [6, 6.07) is 5.22. The molecule has 0 amide bonds. The lowest BCUT2D eigenvalue weighted by atomic mass is 10.2. The van der Waals surface area contributed by atoms with Gasteiger partial charge < -0.3 is 4.74 Å². The topological polar surface area (TPSA) is 101 Å². The maximum absolute atomic E-state index is 11.9. The summed E-state index contributed by atoms with van der Waals surface area (Å²) < 4.78 is 30.8.